The van der Waals surface area contributed by atoms with Gasteiger partial charge in [-0.1, -0.05) is 12.1 Å². The van der Waals surface area contributed by atoms with E-state index in [1.165, 1.54) is 12.1 Å². The molecule has 0 saturated heterocycles. The molecule has 4 rings (SSSR count). The van der Waals surface area contributed by atoms with Crippen LogP contribution in [0.4, 0.5) is 5.69 Å². The molecule has 0 saturated carbocycles. The summed E-state index contributed by atoms with van der Waals surface area (Å²) in [4.78, 5) is 14.7. The first-order valence-corrected chi connectivity index (χ1v) is 10.9. The van der Waals surface area contributed by atoms with Gasteiger partial charge in [-0.3, -0.25) is 10.1 Å². The van der Waals surface area contributed by atoms with Crippen molar-refractivity contribution in [3.63, 3.8) is 0 Å². The molecule has 0 bridgehead atoms. The second-order valence-corrected chi connectivity index (χ2v) is 8.39. The highest BCUT2D eigenvalue weighted by Gasteiger charge is 2.13. The molecule has 0 aliphatic rings. The summed E-state index contributed by atoms with van der Waals surface area (Å²) in [5, 5.41) is 20.4. The van der Waals surface area contributed by atoms with Crippen LogP contribution in [-0.2, 0) is 6.61 Å². The number of nitro groups is 1. The third-order valence-electron chi connectivity index (χ3n) is 4.51. The molecule has 158 valence electrons. The van der Waals surface area contributed by atoms with Crippen molar-refractivity contribution in [3.8, 4) is 11.8 Å². The Morgan fingerprint density at radius 2 is 1.84 bits per heavy atom. The number of oxazole rings is 1. The number of rotatable bonds is 6. The van der Waals surface area contributed by atoms with E-state index in [9.17, 15) is 15.4 Å². The molecule has 0 spiro atoms. The predicted octanol–water partition coefficient (Wildman–Crippen LogP) is 6.90. The van der Waals surface area contributed by atoms with Crippen LogP contribution in [0.2, 0.25) is 0 Å². The number of fused-ring (bicyclic) bond motifs is 1. The van der Waals surface area contributed by atoms with E-state index in [1.807, 2.05) is 30.3 Å². The molecule has 0 unspecified atom stereocenters. The smallest absolute Gasteiger partial charge is 0.269 e. The van der Waals surface area contributed by atoms with Crippen molar-refractivity contribution in [1.29, 1.82) is 5.26 Å². The van der Waals surface area contributed by atoms with Gasteiger partial charge in [-0.25, -0.2) is 4.98 Å². The summed E-state index contributed by atoms with van der Waals surface area (Å²) in [6.07, 6.45) is 1.68. The Hall–Kier alpha value is -3.48. The maximum Gasteiger partial charge on any atom is 0.269 e. The van der Waals surface area contributed by atoms with E-state index in [-0.39, 0.29) is 18.2 Å². The Kier molecular flexibility index (Phi) is 6.35. The lowest BCUT2D eigenvalue weighted by Gasteiger charge is -2.11. The molecule has 1 heterocycles. The lowest BCUT2D eigenvalue weighted by molar-refractivity contribution is -0.384. The van der Waals surface area contributed by atoms with E-state index >= 15 is 0 Å². The Morgan fingerprint density at radius 1 is 1.16 bits per heavy atom. The summed E-state index contributed by atoms with van der Waals surface area (Å²) in [6, 6.07) is 19.3. The van der Waals surface area contributed by atoms with Gasteiger partial charge in [0, 0.05) is 12.1 Å². The van der Waals surface area contributed by atoms with E-state index < -0.39 is 4.92 Å². The van der Waals surface area contributed by atoms with Gasteiger partial charge in [0.2, 0.25) is 5.89 Å². The van der Waals surface area contributed by atoms with E-state index in [1.54, 1.807) is 24.3 Å². The average molecular weight is 555 g/mol. The molecule has 3 aromatic carbocycles. The number of halogens is 2. The molecular weight excluding hydrogens is 542 g/mol. The maximum atomic E-state index is 10.8. The highest BCUT2D eigenvalue weighted by Crippen LogP contribution is 2.36. The molecule has 32 heavy (non-hydrogen) atoms. The SMILES string of the molecule is N#C/C(=C\c1cc(Br)c(OCc2ccc([N+](=O)[O-])cc2)c(Br)c1)c1nc2ccccc2o1. The minimum absolute atomic E-state index is 0.0273. The van der Waals surface area contributed by atoms with Crippen molar-refractivity contribution < 1.29 is 14.1 Å². The summed E-state index contributed by atoms with van der Waals surface area (Å²) < 4.78 is 12.9. The number of nitro benzene ring substituents is 1. The number of allylic oxidation sites excluding steroid dienone is 1. The number of non-ortho nitro benzene ring substituents is 1. The normalized spacial score (nSPS) is 11.3. The summed E-state index contributed by atoms with van der Waals surface area (Å²) >= 11 is 7.01. The van der Waals surface area contributed by atoms with Gasteiger partial charge < -0.3 is 9.15 Å². The first kappa shape index (κ1) is 21.7. The van der Waals surface area contributed by atoms with Crippen LogP contribution in [-0.4, -0.2) is 9.91 Å². The number of hydrogen-bond donors (Lipinski definition) is 0. The molecule has 0 fully saturated rings. The second-order valence-electron chi connectivity index (χ2n) is 6.68. The zero-order valence-electron chi connectivity index (χ0n) is 16.3. The predicted molar refractivity (Wildman–Crippen MR) is 127 cm³/mol. The topological polar surface area (TPSA) is 102 Å². The van der Waals surface area contributed by atoms with Crippen LogP contribution < -0.4 is 4.74 Å². The first-order chi connectivity index (χ1) is 15.4. The average Bonchev–Trinajstić information content (AvgIpc) is 3.21. The fraction of sp³-hybridized carbons (Fsp3) is 0.0435. The molecule has 7 nitrogen and oxygen atoms in total. The summed E-state index contributed by atoms with van der Waals surface area (Å²) in [7, 11) is 0. The largest absolute Gasteiger partial charge is 0.487 e. The van der Waals surface area contributed by atoms with Crippen molar-refractivity contribution >= 4 is 60.3 Å². The van der Waals surface area contributed by atoms with Gasteiger partial charge in [0.05, 0.1) is 13.9 Å². The Balaban J connectivity index is 1.56. The van der Waals surface area contributed by atoms with Crippen LogP contribution in [0.25, 0.3) is 22.7 Å². The quantitative estimate of drug-likeness (QED) is 0.146. The Bertz CT molecular complexity index is 1330. The number of ether oxygens (including phenoxy) is 1. The molecule has 0 radical (unpaired) electrons. The fourth-order valence-corrected chi connectivity index (χ4v) is 4.42. The van der Waals surface area contributed by atoms with E-state index in [0.717, 1.165) is 11.1 Å². The molecule has 9 heteroatoms. The van der Waals surface area contributed by atoms with E-state index in [0.29, 0.717) is 31.4 Å². The zero-order chi connectivity index (χ0) is 22.7. The van der Waals surface area contributed by atoms with Gasteiger partial charge in [-0.15, -0.1) is 0 Å². The molecule has 1 aromatic heterocycles. The van der Waals surface area contributed by atoms with Gasteiger partial charge in [0.25, 0.3) is 5.69 Å². The number of nitrogens with zero attached hydrogens (tertiary/aromatic N) is 3. The zero-order valence-corrected chi connectivity index (χ0v) is 19.5. The van der Waals surface area contributed by atoms with Crippen molar-refractivity contribution in [3.05, 3.63) is 96.7 Å². The fourth-order valence-electron chi connectivity index (χ4n) is 2.97. The van der Waals surface area contributed by atoms with Gasteiger partial charge in [-0.05, 0) is 85.5 Å². The highest BCUT2D eigenvalue weighted by molar-refractivity contribution is 9.11. The van der Waals surface area contributed by atoms with Gasteiger partial charge in [0.1, 0.15) is 29.5 Å². The molecule has 0 atom stereocenters. The van der Waals surface area contributed by atoms with Gasteiger partial charge in [-0.2, -0.15) is 5.26 Å². The molecule has 0 aliphatic heterocycles. The molecule has 0 N–H and O–H groups in total. The minimum atomic E-state index is -0.444. The number of aromatic nitrogens is 1. The molecule has 4 aromatic rings. The number of nitriles is 1. The summed E-state index contributed by atoms with van der Waals surface area (Å²) in [5.74, 6) is 0.820. The van der Waals surface area contributed by atoms with Crippen molar-refractivity contribution in [2.24, 2.45) is 0 Å². The lowest BCUT2D eigenvalue weighted by atomic mass is 10.1. The third kappa shape index (κ3) is 4.72. The number of para-hydroxylation sites is 2. The highest BCUT2D eigenvalue weighted by atomic mass is 79.9. The monoisotopic (exact) mass is 553 g/mol. The van der Waals surface area contributed by atoms with Crippen LogP contribution in [0.15, 0.2) is 74.0 Å². The van der Waals surface area contributed by atoms with E-state index in [2.05, 4.69) is 42.9 Å². The minimum Gasteiger partial charge on any atom is -0.487 e. The summed E-state index contributed by atoms with van der Waals surface area (Å²) in [5.41, 5.74) is 3.15. The van der Waals surface area contributed by atoms with Crippen LogP contribution >= 0.6 is 31.9 Å². The number of benzene rings is 3. The van der Waals surface area contributed by atoms with Gasteiger partial charge >= 0.3 is 0 Å². The van der Waals surface area contributed by atoms with Crippen LogP contribution in [0.5, 0.6) is 5.75 Å². The molecule has 0 amide bonds. The van der Waals surface area contributed by atoms with E-state index in [4.69, 9.17) is 9.15 Å². The Labute approximate surface area is 199 Å². The van der Waals surface area contributed by atoms with Crippen molar-refractivity contribution in [2.45, 2.75) is 6.61 Å². The Morgan fingerprint density at radius 3 is 2.47 bits per heavy atom. The van der Waals surface area contributed by atoms with Crippen LogP contribution in [0.1, 0.15) is 17.0 Å². The second kappa shape index (κ2) is 9.34. The lowest BCUT2D eigenvalue weighted by Crippen LogP contribution is -1.98. The van der Waals surface area contributed by atoms with Crippen molar-refractivity contribution in [2.75, 3.05) is 0 Å². The van der Waals surface area contributed by atoms with Crippen molar-refractivity contribution in [1.82, 2.24) is 4.98 Å². The third-order valence-corrected chi connectivity index (χ3v) is 5.68. The number of hydrogen-bond acceptors (Lipinski definition) is 6. The van der Waals surface area contributed by atoms with Gasteiger partial charge in [0.15, 0.2) is 5.58 Å². The van der Waals surface area contributed by atoms with Crippen LogP contribution in [0.3, 0.4) is 0 Å². The maximum absolute atomic E-state index is 10.8. The molecule has 0 aliphatic carbocycles. The standard InChI is InChI=1S/C23H13Br2N3O4/c24-18-10-15(9-16(12-26)23-27-20-3-1-2-4-21(20)32-23)11-19(25)22(18)31-13-14-5-7-17(8-6-14)28(29)30/h1-11H,13H2/b16-9+. The first-order valence-electron chi connectivity index (χ1n) is 9.27. The molecular formula is C23H13Br2N3O4. The summed E-state index contributed by atoms with van der Waals surface area (Å²) in [6.45, 7) is 0.233. The van der Waals surface area contributed by atoms with Crippen LogP contribution in [0, 0.1) is 21.4 Å².